The molecule has 26 heavy (non-hydrogen) atoms. The Bertz CT molecular complexity index is 527. The summed E-state index contributed by atoms with van der Waals surface area (Å²) >= 11 is 0. The molecule has 0 saturated heterocycles. The quantitative estimate of drug-likeness (QED) is 0.156. The van der Waals surface area contributed by atoms with E-state index in [-0.39, 0.29) is 12.8 Å². The molecule has 1 saturated carbocycles. The zero-order valence-corrected chi connectivity index (χ0v) is 14.5. The van der Waals surface area contributed by atoms with E-state index in [0.29, 0.717) is 0 Å². The first-order valence-corrected chi connectivity index (χ1v) is 9.25. The minimum atomic E-state index is -5.18. The number of rotatable bonds is 10. The molecular weight excluding hydrogens is 380 g/mol. The van der Waals surface area contributed by atoms with E-state index in [1.165, 1.54) is 0 Å². The van der Waals surface area contributed by atoms with Gasteiger partial charge >= 0.3 is 10.4 Å². The highest BCUT2D eigenvalue weighted by Crippen LogP contribution is 2.36. The summed E-state index contributed by atoms with van der Waals surface area (Å²) in [6.07, 6.45) is -13.1. The molecule has 0 aromatic carbocycles. The van der Waals surface area contributed by atoms with Crippen molar-refractivity contribution >= 4 is 10.4 Å². The van der Waals surface area contributed by atoms with E-state index in [4.69, 9.17) is 9.66 Å². The fourth-order valence-corrected chi connectivity index (χ4v) is 3.70. The van der Waals surface area contributed by atoms with Crippen LogP contribution in [-0.2, 0) is 14.6 Å². The first kappa shape index (κ1) is 23.6. The Hall–Kier alpha value is -0.450. The van der Waals surface area contributed by atoms with Crippen molar-refractivity contribution in [3.8, 4) is 0 Å². The Balaban J connectivity index is 2.95. The third-order valence-electron chi connectivity index (χ3n) is 4.62. The van der Waals surface area contributed by atoms with Gasteiger partial charge in [0.2, 0.25) is 0 Å². The van der Waals surface area contributed by atoms with E-state index < -0.39 is 78.2 Å². The maximum atomic E-state index is 11.0. The third-order valence-corrected chi connectivity index (χ3v) is 5.08. The van der Waals surface area contributed by atoms with Crippen LogP contribution in [0.15, 0.2) is 0 Å². The van der Waals surface area contributed by atoms with Crippen LogP contribution >= 0.6 is 0 Å². The van der Waals surface area contributed by atoms with Gasteiger partial charge in [0, 0.05) is 12.5 Å². The molecule has 1 unspecified atom stereocenters. The third kappa shape index (κ3) is 6.03. The Labute approximate surface area is 149 Å². The normalized spacial score (nSPS) is 32.8. The van der Waals surface area contributed by atoms with E-state index >= 15 is 0 Å². The monoisotopic (exact) mass is 406 g/mol. The van der Waals surface area contributed by atoms with E-state index in [1.54, 1.807) is 0 Å². The number of hydrogen-bond acceptors (Lipinski definition) is 11. The zero-order chi connectivity index (χ0) is 20.2. The first-order valence-electron chi connectivity index (χ1n) is 7.88. The van der Waals surface area contributed by atoms with E-state index in [0.717, 1.165) is 0 Å². The van der Waals surface area contributed by atoms with Gasteiger partial charge in [0.1, 0.15) is 24.4 Å². The lowest BCUT2D eigenvalue weighted by Crippen LogP contribution is -2.52. The average molecular weight is 406 g/mol. The van der Waals surface area contributed by atoms with Gasteiger partial charge < -0.3 is 40.9 Å². The summed E-state index contributed by atoms with van der Waals surface area (Å²) in [6.45, 7) is -1.52. The summed E-state index contributed by atoms with van der Waals surface area (Å²) in [7, 11) is -5.18. The average Bonchev–Trinajstić information content (AvgIpc) is 2.82. The largest absolute Gasteiger partial charge is 0.397 e. The van der Waals surface area contributed by atoms with Crippen molar-refractivity contribution in [2.75, 3.05) is 13.2 Å². The molecule has 0 bridgehead atoms. The first-order chi connectivity index (χ1) is 11.9. The molecule has 0 aromatic heterocycles. The van der Waals surface area contributed by atoms with Crippen LogP contribution in [0.1, 0.15) is 12.8 Å². The van der Waals surface area contributed by atoms with Crippen molar-refractivity contribution in [2.45, 2.75) is 55.6 Å². The Morgan fingerprint density at radius 1 is 1.00 bits per heavy atom. The van der Waals surface area contributed by atoms with Crippen molar-refractivity contribution in [1.29, 1.82) is 0 Å². The summed E-state index contributed by atoms with van der Waals surface area (Å²) < 4.78 is 35.0. The van der Waals surface area contributed by atoms with Crippen LogP contribution in [0.5, 0.6) is 0 Å². The van der Waals surface area contributed by atoms with Crippen LogP contribution in [0.2, 0.25) is 0 Å². The van der Waals surface area contributed by atoms with Crippen LogP contribution in [0.4, 0.5) is 0 Å². The summed E-state index contributed by atoms with van der Waals surface area (Å²) in [5.74, 6) is -1.53. The predicted molar refractivity (Wildman–Crippen MR) is 82.8 cm³/mol. The zero-order valence-electron chi connectivity index (χ0n) is 13.7. The van der Waals surface area contributed by atoms with Crippen molar-refractivity contribution < 1.29 is 58.0 Å². The molecule has 0 spiro atoms. The van der Waals surface area contributed by atoms with Crippen LogP contribution in [-0.4, -0.2) is 110 Å². The number of aliphatic hydroxyl groups is 8. The van der Waals surface area contributed by atoms with E-state index in [2.05, 4.69) is 4.18 Å². The molecule has 0 amide bonds. The van der Waals surface area contributed by atoms with Gasteiger partial charge in [-0.05, 0) is 18.8 Å². The SMILES string of the molecule is O=S(=O)(O)O[C@@H]([C@H](O)[C@@H](O)[C@H](O)CO)[C@H](O)CC1C[C@@H](O)[C@H](O)[C@H]1CO. The predicted octanol–water partition coefficient (Wildman–Crippen LogP) is -4.65. The smallest absolute Gasteiger partial charge is 0.396 e. The van der Waals surface area contributed by atoms with Crippen molar-refractivity contribution in [3.63, 3.8) is 0 Å². The maximum Gasteiger partial charge on any atom is 0.397 e. The summed E-state index contributed by atoms with van der Waals surface area (Å²) in [5, 5.41) is 76.8. The van der Waals surface area contributed by atoms with Gasteiger partial charge in [0.25, 0.3) is 0 Å². The topological polar surface area (TPSA) is 225 Å². The highest BCUT2D eigenvalue weighted by atomic mass is 32.3. The van der Waals surface area contributed by atoms with E-state index in [1.807, 2.05) is 0 Å². The minimum absolute atomic E-state index is 0.0417. The fourth-order valence-electron chi connectivity index (χ4n) is 3.18. The molecule has 1 fully saturated rings. The molecule has 9 atom stereocenters. The Morgan fingerprint density at radius 2 is 1.58 bits per heavy atom. The van der Waals surface area contributed by atoms with Crippen LogP contribution in [0.3, 0.4) is 0 Å². The molecule has 1 aliphatic rings. The molecule has 0 aromatic rings. The van der Waals surface area contributed by atoms with Gasteiger partial charge in [-0.2, -0.15) is 8.42 Å². The van der Waals surface area contributed by atoms with Crippen molar-refractivity contribution in [2.24, 2.45) is 11.8 Å². The van der Waals surface area contributed by atoms with Gasteiger partial charge in [0.05, 0.1) is 24.9 Å². The summed E-state index contributed by atoms with van der Waals surface area (Å²) in [5.41, 5.74) is 0. The number of hydrogen-bond donors (Lipinski definition) is 9. The highest BCUT2D eigenvalue weighted by Gasteiger charge is 2.45. The Morgan fingerprint density at radius 3 is 2.04 bits per heavy atom. The second-order valence-corrected chi connectivity index (χ2v) is 7.47. The Kier molecular flexibility index (Phi) is 8.76. The lowest BCUT2D eigenvalue weighted by atomic mass is 9.87. The maximum absolute atomic E-state index is 11.0. The summed E-state index contributed by atoms with van der Waals surface area (Å²) in [6, 6.07) is 0. The second kappa shape index (κ2) is 9.66. The van der Waals surface area contributed by atoms with Crippen LogP contribution < -0.4 is 0 Å². The number of aliphatic hydroxyl groups excluding tert-OH is 8. The minimum Gasteiger partial charge on any atom is -0.396 e. The van der Waals surface area contributed by atoms with Crippen molar-refractivity contribution in [3.05, 3.63) is 0 Å². The molecule has 9 N–H and O–H groups in total. The lowest BCUT2D eigenvalue weighted by molar-refractivity contribution is -0.136. The van der Waals surface area contributed by atoms with Crippen molar-refractivity contribution in [1.82, 2.24) is 0 Å². The van der Waals surface area contributed by atoms with Gasteiger partial charge in [0.15, 0.2) is 0 Å². The van der Waals surface area contributed by atoms with Gasteiger partial charge in [-0.3, -0.25) is 4.55 Å². The standard InChI is InChI=1S/C13H26O12S/c14-3-6-5(1-7(16)10(6)19)2-8(17)13(25-26(22,23)24)12(21)11(20)9(18)4-15/h5-21H,1-4H2,(H,22,23,24)/t5?,6-,7+,8+,9+,10+,11-,12+,13+/m0/s1. The lowest BCUT2D eigenvalue weighted by Gasteiger charge is -2.32. The fraction of sp³-hybridized carbons (Fsp3) is 1.00. The van der Waals surface area contributed by atoms with Gasteiger partial charge in [-0.1, -0.05) is 0 Å². The molecular formula is C13H26O12S. The molecule has 13 heteroatoms. The highest BCUT2D eigenvalue weighted by molar-refractivity contribution is 7.80. The molecule has 1 rings (SSSR count). The van der Waals surface area contributed by atoms with Crippen LogP contribution in [0, 0.1) is 11.8 Å². The molecule has 0 heterocycles. The van der Waals surface area contributed by atoms with Gasteiger partial charge in [-0.25, -0.2) is 4.18 Å². The molecule has 0 aliphatic heterocycles. The second-order valence-electron chi connectivity index (χ2n) is 6.42. The molecule has 156 valence electrons. The van der Waals surface area contributed by atoms with Crippen LogP contribution in [0.25, 0.3) is 0 Å². The van der Waals surface area contributed by atoms with Gasteiger partial charge in [-0.15, -0.1) is 0 Å². The summed E-state index contributed by atoms with van der Waals surface area (Å²) in [4.78, 5) is 0. The molecule has 0 radical (unpaired) electrons. The van der Waals surface area contributed by atoms with E-state index in [9.17, 15) is 44.2 Å². The molecule has 12 nitrogen and oxygen atoms in total. The molecule has 1 aliphatic carbocycles.